The van der Waals surface area contributed by atoms with Crippen molar-refractivity contribution >= 4 is 17.5 Å². The molecular weight excluding hydrogens is 234 g/mol. The number of piperidine rings is 1. The Morgan fingerprint density at radius 3 is 2.65 bits per heavy atom. The molecule has 1 aliphatic carbocycles. The van der Waals surface area contributed by atoms with Crippen LogP contribution in [0.5, 0.6) is 0 Å². The van der Waals surface area contributed by atoms with Gasteiger partial charge >= 0.3 is 0 Å². The number of rotatable bonds is 2. The second-order valence-corrected chi connectivity index (χ2v) is 6.58. The smallest absolute Gasteiger partial charge is 0.226 e. The van der Waals surface area contributed by atoms with Crippen LogP contribution in [-0.4, -0.2) is 29.3 Å². The molecule has 17 heavy (non-hydrogen) atoms. The number of alkyl halides is 1. The maximum Gasteiger partial charge on any atom is 0.226 e. The topological polar surface area (TPSA) is 20.3 Å². The van der Waals surface area contributed by atoms with Gasteiger partial charge in [0.05, 0.1) is 0 Å². The number of hydrogen-bond donors (Lipinski definition) is 0. The average molecular weight is 258 g/mol. The van der Waals surface area contributed by atoms with Gasteiger partial charge < -0.3 is 4.90 Å². The Morgan fingerprint density at radius 2 is 2.06 bits per heavy atom. The minimum Gasteiger partial charge on any atom is -0.338 e. The van der Waals surface area contributed by atoms with E-state index in [0.717, 1.165) is 25.8 Å². The zero-order chi connectivity index (χ0) is 12.5. The van der Waals surface area contributed by atoms with E-state index in [2.05, 4.69) is 18.7 Å². The van der Waals surface area contributed by atoms with Gasteiger partial charge in [0.25, 0.3) is 0 Å². The minimum atomic E-state index is 0.186. The van der Waals surface area contributed by atoms with Crippen molar-refractivity contribution in [3.05, 3.63) is 0 Å². The molecule has 1 amide bonds. The molecule has 0 radical (unpaired) electrons. The van der Waals surface area contributed by atoms with E-state index in [1.54, 1.807) is 0 Å². The molecule has 0 spiro atoms. The number of carbonyl (C=O) groups excluding carboxylic acids is 1. The second-order valence-electron chi connectivity index (χ2n) is 6.27. The van der Waals surface area contributed by atoms with Crippen molar-refractivity contribution in [3.8, 4) is 0 Å². The van der Waals surface area contributed by atoms with Gasteiger partial charge in [-0.1, -0.05) is 20.3 Å². The summed E-state index contributed by atoms with van der Waals surface area (Å²) in [7, 11) is 0. The molecule has 0 aromatic heterocycles. The van der Waals surface area contributed by atoms with Crippen LogP contribution in [0.3, 0.4) is 0 Å². The lowest BCUT2D eigenvalue weighted by Gasteiger charge is -2.39. The van der Waals surface area contributed by atoms with Gasteiger partial charge in [-0.15, -0.1) is 11.6 Å². The van der Waals surface area contributed by atoms with E-state index < -0.39 is 0 Å². The summed E-state index contributed by atoms with van der Waals surface area (Å²) in [5.41, 5.74) is 0.186. The molecule has 1 heterocycles. The number of nitrogens with zero attached hydrogens (tertiary/aromatic N) is 1. The fourth-order valence-corrected chi connectivity index (χ4v) is 3.76. The van der Waals surface area contributed by atoms with Crippen LogP contribution in [0.15, 0.2) is 0 Å². The van der Waals surface area contributed by atoms with Gasteiger partial charge in [-0.25, -0.2) is 0 Å². The molecule has 0 aromatic rings. The molecule has 3 heteroatoms. The van der Waals surface area contributed by atoms with Gasteiger partial charge in [0, 0.05) is 24.4 Å². The van der Waals surface area contributed by atoms with Gasteiger partial charge in [-0.2, -0.15) is 0 Å². The molecule has 2 unspecified atom stereocenters. The molecule has 2 atom stereocenters. The summed E-state index contributed by atoms with van der Waals surface area (Å²) in [6, 6.07) is 0.286. The normalized spacial score (nSPS) is 32.8. The largest absolute Gasteiger partial charge is 0.338 e. The Labute approximate surface area is 110 Å². The maximum atomic E-state index is 12.7. The Morgan fingerprint density at radius 1 is 1.29 bits per heavy atom. The molecule has 2 nitrogen and oxygen atoms in total. The summed E-state index contributed by atoms with van der Waals surface area (Å²) in [4.78, 5) is 14.7. The Hall–Kier alpha value is -0.240. The summed E-state index contributed by atoms with van der Waals surface area (Å²) < 4.78 is 0. The zero-order valence-electron chi connectivity index (χ0n) is 11.0. The molecule has 1 aliphatic heterocycles. The number of likely N-dealkylation sites (tertiary alicyclic amines) is 1. The first kappa shape index (κ1) is 13.2. The molecule has 1 saturated heterocycles. The molecule has 0 bridgehead atoms. The van der Waals surface area contributed by atoms with Crippen molar-refractivity contribution in [1.82, 2.24) is 4.90 Å². The van der Waals surface area contributed by atoms with Gasteiger partial charge in [0.15, 0.2) is 0 Å². The van der Waals surface area contributed by atoms with Crippen LogP contribution < -0.4 is 0 Å². The predicted octanol–water partition coefficient (Wildman–Crippen LogP) is 3.43. The molecule has 2 aliphatic rings. The van der Waals surface area contributed by atoms with Crippen molar-refractivity contribution in [2.75, 3.05) is 12.4 Å². The summed E-state index contributed by atoms with van der Waals surface area (Å²) in [5.74, 6) is 1.20. The zero-order valence-corrected chi connectivity index (χ0v) is 11.8. The van der Waals surface area contributed by atoms with Crippen LogP contribution in [-0.2, 0) is 4.79 Å². The molecule has 98 valence electrons. The Balaban J connectivity index is 2.07. The molecular formula is C14H24ClNO. The Kier molecular flexibility index (Phi) is 4.02. The van der Waals surface area contributed by atoms with Crippen molar-refractivity contribution < 1.29 is 4.79 Å². The van der Waals surface area contributed by atoms with E-state index in [1.165, 1.54) is 19.3 Å². The maximum absolute atomic E-state index is 12.7. The fourth-order valence-electron chi connectivity index (χ4n) is 3.44. The van der Waals surface area contributed by atoms with E-state index >= 15 is 0 Å². The summed E-state index contributed by atoms with van der Waals surface area (Å²) in [5, 5.41) is 0. The molecule has 2 rings (SSSR count). The number of carbonyl (C=O) groups is 1. The first-order chi connectivity index (χ1) is 8.06. The average Bonchev–Trinajstić information content (AvgIpc) is 2.68. The van der Waals surface area contributed by atoms with E-state index in [0.29, 0.717) is 11.8 Å². The van der Waals surface area contributed by atoms with E-state index in [9.17, 15) is 4.79 Å². The van der Waals surface area contributed by atoms with Gasteiger partial charge in [0.1, 0.15) is 0 Å². The predicted molar refractivity (Wildman–Crippen MR) is 71.2 cm³/mol. The first-order valence-corrected chi connectivity index (χ1v) is 7.46. The van der Waals surface area contributed by atoms with Crippen LogP contribution in [0.4, 0.5) is 0 Å². The molecule has 1 saturated carbocycles. The lowest BCUT2D eigenvalue weighted by Crippen LogP contribution is -2.49. The van der Waals surface area contributed by atoms with Crippen LogP contribution in [0.25, 0.3) is 0 Å². The summed E-state index contributed by atoms with van der Waals surface area (Å²) >= 11 is 6.00. The number of halogens is 1. The lowest BCUT2D eigenvalue weighted by atomic mass is 9.80. The van der Waals surface area contributed by atoms with Gasteiger partial charge in [0.2, 0.25) is 5.91 Å². The monoisotopic (exact) mass is 257 g/mol. The van der Waals surface area contributed by atoms with Gasteiger partial charge in [-0.05, 0) is 37.5 Å². The fraction of sp³-hybridized carbons (Fsp3) is 0.929. The third-order valence-electron chi connectivity index (χ3n) is 4.64. The summed E-state index contributed by atoms with van der Waals surface area (Å²) in [6.45, 7) is 5.40. The van der Waals surface area contributed by atoms with Crippen molar-refractivity contribution in [2.45, 2.75) is 58.4 Å². The van der Waals surface area contributed by atoms with Crippen molar-refractivity contribution in [3.63, 3.8) is 0 Å². The van der Waals surface area contributed by atoms with Crippen molar-refractivity contribution in [1.29, 1.82) is 0 Å². The van der Waals surface area contributed by atoms with Crippen LogP contribution >= 0.6 is 11.6 Å². The highest BCUT2D eigenvalue weighted by atomic mass is 35.5. The highest BCUT2D eigenvalue weighted by molar-refractivity contribution is 6.18. The highest BCUT2D eigenvalue weighted by Gasteiger charge is 2.42. The standard InChI is InChI=1S/C14H24ClNO/c1-14(2)8-5-7-12(14)13(17)16-9-4-3-6-11(16)10-15/h11-12H,3-10H2,1-2H3. The van der Waals surface area contributed by atoms with Crippen LogP contribution in [0, 0.1) is 11.3 Å². The highest BCUT2D eigenvalue weighted by Crippen LogP contribution is 2.44. The van der Waals surface area contributed by atoms with E-state index in [-0.39, 0.29) is 17.4 Å². The third kappa shape index (κ3) is 2.62. The van der Waals surface area contributed by atoms with Crippen LogP contribution in [0.2, 0.25) is 0 Å². The SMILES string of the molecule is CC1(C)CCCC1C(=O)N1CCCCC1CCl. The summed E-state index contributed by atoms with van der Waals surface area (Å²) in [6.07, 6.45) is 6.90. The first-order valence-electron chi connectivity index (χ1n) is 6.93. The number of hydrogen-bond acceptors (Lipinski definition) is 1. The molecule has 2 fully saturated rings. The van der Waals surface area contributed by atoms with Crippen LogP contribution in [0.1, 0.15) is 52.4 Å². The molecule has 0 aromatic carbocycles. The number of amides is 1. The minimum absolute atomic E-state index is 0.186. The lowest BCUT2D eigenvalue weighted by molar-refractivity contribution is -0.141. The molecule has 0 N–H and O–H groups in total. The Bertz CT molecular complexity index is 290. The van der Waals surface area contributed by atoms with Crippen molar-refractivity contribution in [2.24, 2.45) is 11.3 Å². The van der Waals surface area contributed by atoms with E-state index in [1.807, 2.05) is 0 Å². The second kappa shape index (κ2) is 5.17. The van der Waals surface area contributed by atoms with E-state index in [4.69, 9.17) is 11.6 Å². The quantitative estimate of drug-likeness (QED) is 0.694. The third-order valence-corrected chi connectivity index (χ3v) is 5.00. The van der Waals surface area contributed by atoms with Gasteiger partial charge in [-0.3, -0.25) is 4.79 Å².